The summed E-state index contributed by atoms with van der Waals surface area (Å²) >= 11 is 0. The van der Waals surface area contributed by atoms with E-state index in [1.165, 1.54) is 6.20 Å². The highest BCUT2D eigenvalue weighted by Crippen LogP contribution is 2.25. The van der Waals surface area contributed by atoms with Crippen molar-refractivity contribution in [1.82, 2.24) is 10.2 Å². The molecule has 0 saturated heterocycles. The van der Waals surface area contributed by atoms with Gasteiger partial charge in [0.25, 0.3) is 0 Å². The Bertz CT molecular complexity index is 611. The van der Waals surface area contributed by atoms with Crippen LogP contribution < -0.4 is 4.74 Å². The van der Waals surface area contributed by atoms with E-state index >= 15 is 0 Å². The predicted molar refractivity (Wildman–Crippen MR) is 58.0 cm³/mol. The van der Waals surface area contributed by atoms with E-state index in [4.69, 9.17) is 15.3 Å². The number of nitrogens with zero attached hydrogens (tertiary/aromatic N) is 4. The highest BCUT2D eigenvalue weighted by Gasteiger charge is 2.09. The number of nitriles is 2. The molecule has 0 unspecified atom stereocenters. The van der Waals surface area contributed by atoms with Gasteiger partial charge in [0.1, 0.15) is 23.5 Å². The maximum Gasteiger partial charge on any atom is 0.238 e. The lowest BCUT2D eigenvalue weighted by Gasteiger charge is -2.05. The minimum Gasteiger partial charge on any atom is -0.436 e. The molecule has 1 aromatic carbocycles. The molecular weight excluding hydrogens is 216 g/mol. The number of hydrogen-bond acceptors (Lipinski definition) is 5. The van der Waals surface area contributed by atoms with Crippen LogP contribution in [0.5, 0.6) is 11.6 Å². The zero-order valence-corrected chi connectivity index (χ0v) is 8.66. The van der Waals surface area contributed by atoms with Gasteiger partial charge in [0.15, 0.2) is 0 Å². The van der Waals surface area contributed by atoms with Crippen molar-refractivity contribution in [2.75, 3.05) is 0 Å². The average molecular weight is 222 g/mol. The van der Waals surface area contributed by atoms with Crippen molar-refractivity contribution in [3.63, 3.8) is 0 Å². The molecule has 0 aliphatic rings. The zero-order chi connectivity index (χ0) is 12.1. The fraction of sp³-hybridized carbons (Fsp3) is 0. The molecule has 0 spiro atoms. The third-order valence-electron chi connectivity index (χ3n) is 2.02. The van der Waals surface area contributed by atoms with E-state index in [1.54, 1.807) is 30.3 Å². The van der Waals surface area contributed by atoms with Gasteiger partial charge >= 0.3 is 0 Å². The van der Waals surface area contributed by atoms with Crippen molar-refractivity contribution in [1.29, 1.82) is 10.5 Å². The normalized spacial score (nSPS) is 9.06. The molecule has 0 aliphatic heterocycles. The number of benzene rings is 1. The number of rotatable bonds is 2. The summed E-state index contributed by atoms with van der Waals surface area (Å²) in [6.07, 6.45) is 1.52. The highest BCUT2D eigenvalue weighted by molar-refractivity contribution is 5.54. The summed E-state index contributed by atoms with van der Waals surface area (Å²) in [5.74, 6) is 0.575. The van der Waals surface area contributed by atoms with Crippen LogP contribution in [-0.2, 0) is 0 Å². The van der Waals surface area contributed by atoms with E-state index in [-0.39, 0.29) is 17.0 Å². The molecule has 1 aromatic heterocycles. The summed E-state index contributed by atoms with van der Waals surface area (Å²) in [4.78, 5) is 0. The second-order valence-electron chi connectivity index (χ2n) is 3.07. The van der Waals surface area contributed by atoms with Gasteiger partial charge in [0.05, 0.1) is 5.56 Å². The second-order valence-corrected chi connectivity index (χ2v) is 3.07. The number of ether oxygens (including phenoxy) is 1. The Labute approximate surface area is 97.5 Å². The van der Waals surface area contributed by atoms with Gasteiger partial charge in [-0.15, -0.1) is 5.10 Å². The Morgan fingerprint density at radius 2 is 1.94 bits per heavy atom. The first-order chi connectivity index (χ1) is 8.35. The third kappa shape index (κ3) is 2.19. The van der Waals surface area contributed by atoms with Gasteiger partial charge in [-0.3, -0.25) is 0 Å². The lowest BCUT2D eigenvalue weighted by molar-refractivity contribution is 0.453. The summed E-state index contributed by atoms with van der Waals surface area (Å²) in [5.41, 5.74) is 0.467. The van der Waals surface area contributed by atoms with E-state index < -0.39 is 0 Å². The fourth-order valence-electron chi connectivity index (χ4n) is 1.28. The maximum absolute atomic E-state index is 8.99. The van der Waals surface area contributed by atoms with Crippen LogP contribution in [0.4, 0.5) is 0 Å². The van der Waals surface area contributed by atoms with Crippen molar-refractivity contribution in [2.45, 2.75) is 0 Å². The van der Waals surface area contributed by atoms with Crippen LogP contribution in [0.1, 0.15) is 11.1 Å². The molecule has 80 valence electrons. The fourth-order valence-corrected chi connectivity index (χ4v) is 1.28. The summed E-state index contributed by atoms with van der Waals surface area (Å²) in [5, 5.41) is 25.2. The standard InChI is InChI=1S/C12H6N4O/c13-7-9-3-1-4-11(10(9)8-14)17-12-5-2-6-15-16-12/h1-6H. The van der Waals surface area contributed by atoms with Gasteiger partial charge in [-0.25, -0.2) is 0 Å². The first kappa shape index (κ1) is 10.6. The van der Waals surface area contributed by atoms with Gasteiger partial charge in [-0.05, 0) is 18.2 Å². The minimum absolute atomic E-state index is 0.195. The first-order valence-electron chi connectivity index (χ1n) is 4.74. The van der Waals surface area contributed by atoms with Crippen LogP contribution in [0.2, 0.25) is 0 Å². The second kappa shape index (κ2) is 4.73. The molecule has 0 saturated carbocycles. The summed E-state index contributed by atoms with van der Waals surface area (Å²) < 4.78 is 5.40. The molecule has 0 radical (unpaired) electrons. The molecule has 0 fully saturated rings. The third-order valence-corrected chi connectivity index (χ3v) is 2.02. The smallest absolute Gasteiger partial charge is 0.238 e. The van der Waals surface area contributed by atoms with E-state index in [0.29, 0.717) is 5.75 Å². The maximum atomic E-state index is 8.99. The average Bonchev–Trinajstić information content (AvgIpc) is 2.39. The van der Waals surface area contributed by atoms with E-state index in [1.807, 2.05) is 12.1 Å². The lowest BCUT2D eigenvalue weighted by atomic mass is 10.1. The van der Waals surface area contributed by atoms with Crippen molar-refractivity contribution in [2.24, 2.45) is 0 Å². The van der Waals surface area contributed by atoms with E-state index in [0.717, 1.165) is 0 Å². The van der Waals surface area contributed by atoms with E-state index in [9.17, 15) is 0 Å². The molecule has 0 aliphatic carbocycles. The topological polar surface area (TPSA) is 82.6 Å². The summed E-state index contributed by atoms with van der Waals surface area (Å²) in [6, 6.07) is 12.0. The Balaban J connectivity index is 2.41. The van der Waals surface area contributed by atoms with Crippen LogP contribution in [0.25, 0.3) is 0 Å². The summed E-state index contributed by atoms with van der Waals surface area (Å²) in [6.45, 7) is 0. The number of hydrogen-bond donors (Lipinski definition) is 0. The molecule has 1 heterocycles. The number of aromatic nitrogens is 2. The van der Waals surface area contributed by atoms with Crippen LogP contribution >= 0.6 is 0 Å². The van der Waals surface area contributed by atoms with Crippen molar-refractivity contribution in [3.05, 3.63) is 47.7 Å². The monoisotopic (exact) mass is 222 g/mol. The molecule has 5 nitrogen and oxygen atoms in total. The largest absolute Gasteiger partial charge is 0.436 e. The van der Waals surface area contributed by atoms with Gasteiger partial charge in [0.2, 0.25) is 5.88 Å². The lowest BCUT2D eigenvalue weighted by Crippen LogP contribution is -1.93. The Kier molecular flexibility index (Phi) is 2.95. The Hall–Kier alpha value is -2.92. The van der Waals surface area contributed by atoms with Crippen molar-refractivity contribution >= 4 is 0 Å². The van der Waals surface area contributed by atoms with Crippen molar-refractivity contribution < 1.29 is 4.74 Å². The molecule has 0 amide bonds. The van der Waals surface area contributed by atoms with Gasteiger partial charge in [0, 0.05) is 12.3 Å². The molecule has 2 aromatic rings. The highest BCUT2D eigenvalue weighted by atomic mass is 16.5. The van der Waals surface area contributed by atoms with Crippen LogP contribution in [0.15, 0.2) is 36.5 Å². The molecule has 17 heavy (non-hydrogen) atoms. The molecule has 2 rings (SSSR count). The van der Waals surface area contributed by atoms with Crippen LogP contribution in [0.3, 0.4) is 0 Å². The van der Waals surface area contributed by atoms with Crippen LogP contribution in [-0.4, -0.2) is 10.2 Å². The van der Waals surface area contributed by atoms with Gasteiger partial charge < -0.3 is 4.74 Å². The summed E-state index contributed by atoms with van der Waals surface area (Å²) in [7, 11) is 0. The van der Waals surface area contributed by atoms with Gasteiger partial charge in [-0.2, -0.15) is 15.6 Å². The van der Waals surface area contributed by atoms with Crippen molar-refractivity contribution in [3.8, 4) is 23.8 Å². The Morgan fingerprint density at radius 1 is 1.06 bits per heavy atom. The molecule has 0 atom stereocenters. The SMILES string of the molecule is N#Cc1cccc(Oc2cccnn2)c1C#N. The molecule has 0 bridgehead atoms. The zero-order valence-electron chi connectivity index (χ0n) is 8.66. The molecular formula is C12H6N4O. The van der Waals surface area contributed by atoms with E-state index in [2.05, 4.69) is 10.2 Å². The quantitative estimate of drug-likeness (QED) is 0.776. The van der Waals surface area contributed by atoms with Crippen LogP contribution in [0, 0.1) is 22.7 Å². The first-order valence-corrected chi connectivity index (χ1v) is 4.74. The minimum atomic E-state index is 0.195. The van der Waals surface area contributed by atoms with Gasteiger partial charge in [-0.1, -0.05) is 6.07 Å². The molecule has 0 N–H and O–H groups in total. The Morgan fingerprint density at radius 3 is 2.59 bits per heavy atom. The molecule has 5 heteroatoms. The predicted octanol–water partition coefficient (Wildman–Crippen LogP) is 2.01.